The van der Waals surface area contributed by atoms with E-state index >= 15 is 0 Å². The van der Waals surface area contributed by atoms with Crippen LogP contribution >= 0.6 is 0 Å². The van der Waals surface area contributed by atoms with Crippen molar-refractivity contribution in [3.63, 3.8) is 0 Å². The van der Waals surface area contributed by atoms with Crippen molar-refractivity contribution in [1.82, 2.24) is 15.2 Å². The molecule has 0 aliphatic heterocycles. The molecule has 0 spiro atoms. The predicted molar refractivity (Wildman–Crippen MR) is 106 cm³/mol. The van der Waals surface area contributed by atoms with Gasteiger partial charge in [-0.05, 0) is 36.9 Å². The van der Waals surface area contributed by atoms with E-state index in [9.17, 15) is 14.4 Å². The van der Waals surface area contributed by atoms with Crippen LogP contribution in [0, 0.1) is 0 Å². The molecule has 1 aromatic carbocycles. The Balaban J connectivity index is 2.00. The lowest BCUT2D eigenvalue weighted by Crippen LogP contribution is -2.40. The summed E-state index contributed by atoms with van der Waals surface area (Å²) in [6, 6.07) is 7.20. The van der Waals surface area contributed by atoms with Gasteiger partial charge in [0.2, 0.25) is 5.91 Å². The van der Waals surface area contributed by atoms with Crippen molar-refractivity contribution in [3.8, 4) is 0 Å². The number of carbonyl (C=O) groups is 3. The number of fused-ring (bicyclic) bond motifs is 1. The highest BCUT2D eigenvalue weighted by Gasteiger charge is 2.16. The number of rotatable bonds is 8. The van der Waals surface area contributed by atoms with Crippen molar-refractivity contribution in [2.75, 3.05) is 12.4 Å². The number of hydrogen-bond donors (Lipinski definition) is 3. The number of amides is 3. The van der Waals surface area contributed by atoms with Gasteiger partial charge in [0.1, 0.15) is 6.54 Å². The average molecular weight is 372 g/mol. The Morgan fingerprint density at radius 3 is 2.59 bits per heavy atom. The van der Waals surface area contributed by atoms with Gasteiger partial charge in [0.05, 0.1) is 5.52 Å². The van der Waals surface area contributed by atoms with Crippen LogP contribution in [0.2, 0.25) is 0 Å². The Labute approximate surface area is 159 Å². The maximum absolute atomic E-state index is 12.2. The van der Waals surface area contributed by atoms with E-state index < -0.39 is 11.8 Å². The van der Waals surface area contributed by atoms with Gasteiger partial charge < -0.3 is 20.5 Å². The maximum Gasteiger partial charge on any atom is 0.313 e. The molecule has 27 heavy (non-hydrogen) atoms. The molecule has 2 aromatic rings. The molecule has 3 amide bonds. The number of nitrogens with one attached hydrogen (secondary N) is 3. The highest BCUT2D eigenvalue weighted by atomic mass is 16.2. The van der Waals surface area contributed by atoms with Crippen LogP contribution in [0.1, 0.15) is 39.5 Å². The van der Waals surface area contributed by atoms with Gasteiger partial charge in [-0.15, -0.1) is 0 Å². The highest BCUT2D eigenvalue weighted by molar-refractivity contribution is 6.39. The summed E-state index contributed by atoms with van der Waals surface area (Å²) in [5.74, 6) is -1.45. The Bertz CT molecular complexity index is 813. The second-order valence-electron chi connectivity index (χ2n) is 6.71. The number of nitrogens with zero attached hydrogens (tertiary/aromatic N) is 1. The van der Waals surface area contributed by atoms with Crippen molar-refractivity contribution < 1.29 is 14.4 Å². The zero-order valence-electron chi connectivity index (χ0n) is 16.2. The van der Waals surface area contributed by atoms with Gasteiger partial charge in [-0.2, -0.15) is 0 Å². The van der Waals surface area contributed by atoms with Gasteiger partial charge in [-0.1, -0.05) is 32.3 Å². The molecule has 2 rings (SSSR count). The lowest BCUT2D eigenvalue weighted by atomic mass is 10.1. The number of anilines is 1. The van der Waals surface area contributed by atoms with Crippen LogP contribution < -0.4 is 16.0 Å². The third-order valence-corrected chi connectivity index (χ3v) is 4.45. The SMILES string of the molecule is CCCCCC(C)NC(=O)C(=O)Nc1ccc2ccn(CC(=O)NC)c2c1. The molecular formula is C20H28N4O3. The second-order valence-corrected chi connectivity index (χ2v) is 6.71. The monoisotopic (exact) mass is 372 g/mol. The molecule has 1 heterocycles. The minimum absolute atomic E-state index is 0.0398. The summed E-state index contributed by atoms with van der Waals surface area (Å²) in [5.41, 5.74) is 1.32. The van der Waals surface area contributed by atoms with Crippen LogP contribution in [0.3, 0.4) is 0 Å². The first-order valence-electron chi connectivity index (χ1n) is 9.36. The molecule has 1 unspecified atom stereocenters. The third kappa shape index (κ3) is 5.84. The number of unbranched alkanes of at least 4 members (excludes halogenated alkanes) is 2. The maximum atomic E-state index is 12.2. The molecule has 3 N–H and O–H groups in total. The molecule has 0 saturated heterocycles. The lowest BCUT2D eigenvalue weighted by Gasteiger charge is -2.13. The first-order valence-corrected chi connectivity index (χ1v) is 9.36. The minimum atomic E-state index is -0.693. The predicted octanol–water partition coefficient (Wildman–Crippen LogP) is 2.41. The fourth-order valence-electron chi connectivity index (χ4n) is 2.88. The summed E-state index contributed by atoms with van der Waals surface area (Å²) < 4.78 is 1.79. The summed E-state index contributed by atoms with van der Waals surface area (Å²) in [6.45, 7) is 4.21. The van der Waals surface area contributed by atoms with Crippen LogP contribution in [0.5, 0.6) is 0 Å². The second kappa shape index (κ2) is 9.75. The van der Waals surface area contributed by atoms with E-state index in [0.717, 1.165) is 36.6 Å². The normalized spacial score (nSPS) is 11.8. The van der Waals surface area contributed by atoms with Crippen molar-refractivity contribution in [3.05, 3.63) is 30.5 Å². The van der Waals surface area contributed by atoms with Crippen molar-refractivity contribution >= 4 is 34.3 Å². The Morgan fingerprint density at radius 1 is 1.11 bits per heavy atom. The van der Waals surface area contributed by atoms with Crippen LogP contribution in [0.4, 0.5) is 5.69 Å². The van der Waals surface area contributed by atoms with Crippen molar-refractivity contribution in [2.45, 2.75) is 52.1 Å². The molecule has 0 bridgehead atoms. The molecule has 7 nitrogen and oxygen atoms in total. The summed E-state index contributed by atoms with van der Waals surface area (Å²) in [5, 5.41) is 8.89. The molecule has 1 atom stereocenters. The Kier molecular flexibility index (Phi) is 7.40. The topological polar surface area (TPSA) is 92.2 Å². The minimum Gasteiger partial charge on any atom is -0.358 e. The first-order chi connectivity index (χ1) is 12.9. The van der Waals surface area contributed by atoms with Crippen LogP contribution in [-0.4, -0.2) is 35.4 Å². The number of carbonyl (C=O) groups excluding carboxylic acids is 3. The number of hydrogen-bond acceptors (Lipinski definition) is 3. The van der Waals surface area contributed by atoms with E-state index in [1.165, 1.54) is 0 Å². The van der Waals surface area contributed by atoms with Gasteiger partial charge in [0.15, 0.2) is 0 Å². The fourth-order valence-corrected chi connectivity index (χ4v) is 2.88. The molecule has 0 aliphatic carbocycles. The molecular weight excluding hydrogens is 344 g/mol. The van der Waals surface area contributed by atoms with E-state index in [-0.39, 0.29) is 18.5 Å². The summed E-state index contributed by atoms with van der Waals surface area (Å²) in [6.07, 6.45) is 5.92. The van der Waals surface area contributed by atoms with Gasteiger partial charge in [-0.3, -0.25) is 14.4 Å². The molecule has 7 heteroatoms. The number of aromatic nitrogens is 1. The van der Waals surface area contributed by atoms with Crippen LogP contribution in [0.25, 0.3) is 10.9 Å². The van der Waals surface area contributed by atoms with E-state index in [0.29, 0.717) is 5.69 Å². The Morgan fingerprint density at radius 2 is 1.89 bits per heavy atom. The molecule has 146 valence electrons. The fraction of sp³-hybridized carbons (Fsp3) is 0.450. The molecule has 1 aromatic heterocycles. The number of benzene rings is 1. The lowest BCUT2D eigenvalue weighted by molar-refractivity contribution is -0.136. The summed E-state index contributed by atoms with van der Waals surface area (Å²) in [4.78, 5) is 35.9. The van der Waals surface area contributed by atoms with Gasteiger partial charge in [0.25, 0.3) is 0 Å². The van der Waals surface area contributed by atoms with Crippen LogP contribution in [-0.2, 0) is 20.9 Å². The van der Waals surface area contributed by atoms with Crippen molar-refractivity contribution in [2.24, 2.45) is 0 Å². The van der Waals surface area contributed by atoms with E-state index in [1.54, 1.807) is 23.7 Å². The molecule has 0 fully saturated rings. The zero-order valence-corrected chi connectivity index (χ0v) is 16.2. The zero-order chi connectivity index (χ0) is 19.8. The average Bonchev–Trinajstić information content (AvgIpc) is 3.03. The third-order valence-electron chi connectivity index (χ3n) is 4.45. The van der Waals surface area contributed by atoms with Gasteiger partial charge >= 0.3 is 11.8 Å². The van der Waals surface area contributed by atoms with Gasteiger partial charge in [0, 0.05) is 25.0 Å². The quantitative estimate of drug-likeness (QED) is 0.491. The van der Waals surface area contributed by atoms with E-state index in [1.807, 2.05) is 25.3 Å². The molecule has 0 radical (unpaired) electrons. The first kappa shape index (κ1) is 20.5. The standard InChI is InChI=1S/C20H28N4O3/c1-4-5-6-7-14(2)22-19(26)20(27)23-16-9-8-15-10-11-24(17(15)12-16)13-18(25)21-3/h8-12,14H,4-7,13H2,1-3H3,(H,21,25)(H,22,26)(H,23,27). The smallest absolute Gasteiger partial charge is 0.313 e. The number of likely N-dealkylation sites (N-methyl/N-ethyl adjacent to an activating group) is 1. The van der Waals surface area contributed by atoms with E-state index in [4.69, 9.17) is 0 Å². The highest BCUT2D eigenvalue weighted by Crippen LogP contribution is 2.20. The summed E-state index contributed by atoms with van der Waals surface area (Å²) in [7, 11) is 1.58. The largest absolute Gasteiger partial charge is 0.358 e. The van der Waals surface area contributed by atoms with E-state index in [2.05, 4.69) is 22.9 Å². The molecule has 0 saturated carbocycles. The van der Waals surface area contributed by atoms with Gasteiger partial charge in [-0.25, -0.2) is 0 Å². The van der Waals surface area contributed by atoms with Crippen LogP contribution in [0.15, 0.2) is 30.5 Å². The Hall–Kier alpha value is -2.83. The van der Waals surface area contributed by atoms with Crippen molar-refractivity contribution in [1.29, 1.82) is 0 Å². The molecule has 0 aliphatic rings. The summed E-state index contributed by atoms with van der Waals surface area (Å²) >= 11 is 0.